The summed E-state index contributed by atoms with van der Waals surface area (Å²) in [6, 6.07) is 8.67. The van der Waals surface area contributed by atoms with Gasteiger partial charge in [0, 0.05) is 23.5 Å². The predicted octanol–water partition coefficient (Wildman–Crippen LogP) is 6.23. The number of nitrogens with zero attached hydrogens (tertiary/aromatic N) is 4. The van der Waals surface area contributed by atoms with E-state index in [4.69, 9.17) is 26.1 Å². The fourth-order valence-corrected chi connectivity index (χ4v) is 7.49. The summed E-state index contributed by atoms with van der Waals surface area (Å²) in [4.78, 5) is 17.0. The quantitative estimate of drug-likeness (QED) is 0.185. The van der Waals surface area contributed by atoms with Crippen LogP contribution in [0, 0.1) is 24.0 Å². The minimum Gasteiger partial charge on any atom is -0.461 e. The molecule has 2 fully saturated rings. The number of aryl methyl sites for hydroxylation is 1. The van der Waals surface area contributed by atoms with Gasteiger partial charge in [0.2, 0.25) is 0 Å². The number of halogens is 2. The molecule has 4 aromatic rings. The van der Waals surface area contributed by atoms with E-state index < -0.39 is 11.6 Å². The van der Waals surface area contributed by atoms with E-state index in [0.29, 0.717) is 46.3 Å². The van der Waals surface area contributed by atoms with Crippen LogP contribution in [0.4, 0.5) is 14.6 Å². The molecular formula is C35H38F2N6O. The summed E-state index contributed by atoms with van der Waals surface area (Å²) in [5.74, 6) is 1.90. The summed E-state index contributed by atoms with van der Waals surface area (Å²) >= 11 is 0. The number of hydrogen-bond donors (Lipinski definition) is 2. The Bertz CT molecular complexity index is 1760. The number of pyridine rings is 1. The van der Waals surface area contributed by atoms with Gasteiger partial charge in [-0.3, -0.25) is 4.90 Å². The Balaban J connectivity index is 1.38. The molecule has 228 valence electrons. The van der Waals surface area contributed by atoms with Crippen molar-refractivity contribution in [2.45, 2.75) is 69.9 Å². The number of anilines is 1. The van der Waals surface area contributed by atoms with Crippen LogP contribution in [0.5, 0.6) is 6.01 Å². The Morgan fingerprint density at radius 3 is 2.73 bits per heavy atom. The van der Waals surface area contributed by atoms with Crippen molar-refractivity contribution in [3.8, 4) is 29.6 Å². The Kier molecular flexibility index (Phi) is 7.81. The Labute approximate surface area is 256 Å². The predicted molar refractivity (Wildman–Crippen MR) is 170 cm³/mol. The van der Waals surface area contributed by atoms with E-state index in [1.807, 2.05) is 12.1 Å². The van der Waals surface area contributed by atoms with Crippen molar-refractivity contribution in [2.24, 2.45) is 0 Å². The first-order chi connectivity index (χ1) is 21.5. The van der Waals surface area contributed by atoms with E-state index >= 15 is 4.39 Å². The number of aromatic nitrogens is 3. The molecule has 0 aliphatic carbocycles. The van der Waals surface area contributed by atoms with Crippen molar-refractivity contribution in [3.63, 3.8) is 0 Å². The van der Waals surface area contributed by atoms with Crippen molar-refractivity contribution < 1.29 is 13.5 Å². The van der Waals surface area contributed by atoms with Gasteiger partial charge in [-0.25, -0.2) is 13.8 Å². The second-order valence-electron chi connectivity index (χ2n) is 12.4. The summed E-state index contributed by atoms with van der Waals surface area (Å²) in [6.07, 6.45) is 13.6. The lowest BCUT2D eigenvalue weighted by Gasteiger charge is -2.31. The molecule has 5 heterocycles. The molecule has 7 rings (SSSR count). The Hall–Kier alpha value is -3.87. The highest BCUT2D eigenvalue weighted by molar-refractivity contribution is 6.02. The summed E-state index contributed by atoms with van der Waals surface area (Å²) in [5.41, 5.74) is 1.50. The Morgan fingerprint density at radius 1 is 1.09 bits per heavy atom. The summed E-state index contributed by atoms with van der Waals surface area (Å²) in [7, 11) is 0. The SMILES string of the molecule is C#Cc1c(F)ccc2cccc(-c3nc4c5c(nc(OCC67CCCN6CCC7)nc5c3F)N[C@@H](CNCCC)CCC4)c12. The molecule has 0 bridgehead atoms. The number of rotatable bonds is 8. The molecule has 9 heteroatoms. The van der Waals surface area contributed by atoms with Gasteiger partial charge < -0.3 is 15.4 Å². The number of benzene rings is 2. The van der Waals surface area contributed by atoms with Gasteiger partial charge in [-0.2, -0.15) is 9.97 Å². The van der Waals surface area contributed by atoms with Crippen molar-refractivity contribution in [3.05, 3.63) is 53.2 Å². The van der Waals surface area contributed by atoms with E-state index in [-0.39, 0.29) is 34.4 Å². The maximum Gasteiger partial charge on any atom is 0.319 e. The van der Waals surface area contributed by atoms with E-state index in [1.165, 1.54) is 6.07 Å². The first-order valence-corrected chi connectivity index (χ1v) is 15.9. The average molecular weight is 597 g/mol. The molecule has 3 aliphatic rings. The van der Waals surface area contributed by atoms with Gasteiger partial charge in [0.25, 0.3) is 0 Å². The highest BCUT2D eigenvalue weighted by atomic mass is 19.1. The number of fused-ring (bicyclic) bond motifs is 2. The number of ether oxygens (including phenoxy) is 1. The lowest BCUT2D eigenvalue weighted by molar-refractivity contribution is 0.108. The third kappa shape index (κ3) is 5.04. The zero-order chi connectivity index (χ0) is 30.3. The second-order valence-corrected chi connectivity index (χ2v) is 12.4. The minimum absolute atomic E-state index is 0.00425. The summed E-state index contributed by atoms with van der Waals surface area (Å²) < 4.78 is 38.1. The normalized spacial score (nSPS) is 19.4. The van der Waals surface area contributed by atoms with Crippen molar-refractivity contribution in [1.29, 1.82) is 0 Å². The smallest absolute Gasteiger partial charge is 0.319 e. The Morgan fingerprint density at radius 2 is 1.93 bits per heavy atom. The van der Waals surface area contributed by atoms with Crippen LogP contribution in [0.3, 0.4) is 0 Å². The van der Waals surface area contributed by atoms with E-state index in [2.05, 4.69) is 28.4 Å². The number of nitrogens with one attached hydrogen (secondary N) is 2. The monoisotopic (exact) mass is 596 g/mol. The molecule has 0 amide bonds. The third-order valence-electron chi connectivity index (χ3n) is 9.64. The first kappa shape index (κ1) is 28.9. The topological polar surface area (TPSA) is 75.2 Å². The van der Waals surface area contributed by atoms with Gasteiger partial charge in [0.15, 0.2) is 5.82 Å². The standard InChI is InChI=1S/C35H38F2N6O/c1-3-17-38-20-23-10-6-12-27-29-32(41-34(42-33(29)39-23)44-21-35-15-7-18-43(35)19-8-16-35)30(37)31(40-27)25-11-5-9-22-13-14-26(36)24(4-2)28(22)25/h2,5,9,11,13-14,23,38H,3,6-8,10,12,15-21H2,1H3,(H,39,41,42)/t23-/m1/s1. The molecule has 0 unspecified atom stereocenters. The van der Waals surface area contributed by atoms with Crippen LogP contribution in [-0.2, 0) is 6.42 Å². The van der Waals surface area contributed by atoms with E-state index in [1.54, 1.807) is 12.1 Å². The molecule has 0 saturated carbocycles. The first-order valence-electron chi connectivity index (χ1n) is 15.9. The van der Waals surface area contributed by atoms with E-state index in [0.717, 1.165) is 71.1 Å². The molecule has 44 heavy (non-hydrogen) atoms. The molecule has 0 radical (unpaired) electrons. The fourth-order valence-electron chi connectivity index (χ4n) is 7.49. The molecule has 3 aliphatic heterocycles. The molecule has 7 nitrogen and oxygen atoms in total. The zero-order valence-electron chi connectivity index (χ0n) is 25.2. The maximum absolute atomic E-state index is 16.9. The van der Waals surface area contributed by atoms with Crippen LogP contribution in [-0.4, -0.2) is 64.2 Å². The van der Waals surface area contributed by atoms with Gasteiger partial charge in [0.05, 0.1) is 22.2 Å². The van der Waals surface area contributed by atoms with Gasteiger partial charge in [-0.05, 0) is 82.5 Å². The van der Waals surface area contributed by atoms with Crippen molar-refractivity contribution >= 4 is 27.5 Å². The molecule has 2 N–H and O–H groups in total. The molecule has 2 aromatic carbocycles. The van der Waals surface area contributed by atoms with E-state index in [9.17, 15) is 4.39 Å². The van der Waals surface area contributed by atoms with Crippen LogP contribution < -0.4 is 15.4 Å². The summed E-state index contributed by atoms with van der Waals surface area (Å²) in [6.45, 7) is 6.47. The molecule has 1 atom stereocenters. The summed E-state index contributed by atoms with van der Waals surface area (Å²) in [5, 5.41) is 8.85. The van der Waals surface area contributed by atoms with Crippen LogP contribution in [0.15, 0.2) is 30.3 Å². The third-order valence-corrected chi connectivity index (χ3v) is 9.64. The fraction of sp³-hybridized carbons (Fsp3) is 0.457. The number of terminal acetylenes is 1. The molecule has 2 saturated heterocycles. The van der Waals surface area contributed by atoms with Gasteiger partial charge >= 0.3 is 6.01 Å². The van der Waals surface area contributed by atoms with Crippen molar-refractivity contribution in [2.75, 3.05) is 38.1 Å². The zero-order valence-corrected chi connectivity index (χ0v) is 25.2. The van der Waals surface area contributed by atoms with Crippen molar-refractivity contribution in [1.82, 2.24) is 25.2 Å². The van der Waals surface area contributed by atoms with Crippen LogP contribution in [0.2, 0.25) is 0 Å². The molecule has 0 spiro atoms. The molecule has 2 aromatic heterocycles. The van der Waals surface area contributed by atoms with Crippen LogP contribution in [0.1, 0.15) is 63.1 Å². The maximum atomic E-state index is 16.9. The lowest BCUT2D eigenvalue weighted by atomic mass is 9.95. The van der Waals surface area contributed by atoms with Crippen LogP contribution >= 0.6 is 0 Å². The highest BCUT2D eigenvalue weighted by Gasteiger charge is 2.45. The van der Waals surface area contributed by atoms with Gasteiger partial charge in [-0.15, -0.1) is 6.42 Å². The van der Waals surface area contributed by atoms with Gasteiger partial charge in [-0.1, -0.05) is 37.1 Å². The largest absolute Gasteiger partial charge is 0.461 e. The molecular weight excluding hydrogens is 558 g/mol. The van der Waals surface area contributed by atoms with Gasteiger partial charge in [0.1, 0.15) is 29.5 Å². The highest BCUT2D eigenvalue weighted by Crippen LogP contribution is 2.41. The minimum atomic E-state index is -0.596. The van der Waals surface area contributed by atoms with Crippen LogP contribution in [0.25, 0.3) is 32.9 Å². The number of hydrogen-bond acceptors (Lipinski definition) is 7. The average Bonchev–Trinajstić information content (AvgIpc) is 3.61. The second kappa shape index (κ2) is 11.9. The lowest BCUT2D eigenvalue weighted by Crippen LogP contribution is -2.43.